The van der Waals surface area contributed by atoms with Gasteiger partial charge in [-0.1, -0.05) is 0 Å². The van der Waals surface area contributed by atoms with Gasteiger partial charge in [0.05, 0.1) is 10.8 Å². The van der Waals surface area contributed by atoms with Crippen LogP contribution >= 0.6 is 11.6 Å². The van der Waals surface area contributed by atoms with Gasteiger partial charge in [-0.25, -0.2) is 4.98 Å². The Balaban J connectivity index is 2.45. The number of non-ortho nitro benzene ring substituents is 1. The Morgan fingerprint density at radius 2 is 2.16 bits per heavy atom. The Morgan fingerprint density at radius 3 is 2.84 bits per heavy atom. The van der Waals surface area contributed by atoms with Crippen LogP contribution in [-0.4, -0.2) is 19.9 Å². The number of nitro groups is 1. The van der Waals surface area contributed by atoms with Gasteiger partial charge < -0.3 is 9.97 Å². The monoisotopic (exact) mass is 278 g/mol. The first kappa shape index (κ1) is 11.7. The number of hydrogen-bond donors (Lipinski definition) is 2. The van der Waals surface area contributed by atoms with Crippen molar-refractivity contribution >= 4 is 39.2 Å². The van der Waals surface area contributed by atoms with Gasteiger partial charge in [0.15, 0.2) is 0 Å². The summed E-state index contributed by atoms with van der Waals surface area (Å²) in [5.74, 6) is 0.388. The zero-order chi connectivity index (χ0) is 13.6. The van der Waals surface area contributed by atoms with Gasteiger partial charge in [0, 0.05) is 23.0 Å². The third-order valence-corrected chi connectivity index (χ3v) is 3.08. The van der Waals surface area contributed by atoms with Crippen LogP contribution in [0.1, 0.15) is 5.82 Å². The molecular weight excluding hydrogens is 272 g/mol. The van der Waals surface area contributed by atoms with Crippen LogP contribution in [0.3, 0.4) is 0 Å². The molecule has 1 aromatic carbocycles. The first-order valence-corrected chi connectivity index (χ1v) is 5.88. The third kappa shape index (κ3) is 1.75. The van der Waals surface area contributed by atoms with Gasteiger partial charge in [-0.05, 0) is 6.07 Å². The molecule has 0 spiro atoms. The molecule has 2 heterocycles. The van der Waals surface area contributed by atoms with Crippen molar-refractivity contribution in [3.63, 3.8) is 0 Å². The lowest BCUT2D eigenvalue weighted by molar-refractivity contribution is -0.384. The maximum atomic E-state index is 11.8. The van der Waals surface area contributed by atoms with E-state index in [2.05, 4.69) is 15.0 Å². The molecule has 0 bridgehead atoms. The summed E-state index contributed by atoms with van der Waals surface area (Å²) >= 11 is 5.65. The van der Waals surface area contributed by atoms with Crippen LogP contribution < -0.4 is 5.56 Å². The maximum absolute atomic E-state index is 11.8. The van der Waals surface area contributed by atoms with E-state index in [1.54, 1.807) is 6.07 Å². The molecule has 0 saturated carbocycles. The summed E-state index contributed by atoms with van der Waals surface area (Å²) < 4.78 is 0. The smallest absolute Gasteiger partial charge is 0.275 e. The number of nitrogens with one attached hydrogen (secondary N) is 2. The van der Waals surface area contributed by atoms with E-state index in [0.717, 1.165) is 0 Å². The van der Waals surface area contributed by atoms with Gasteiger partial charge in [0.1, 0.15) is 16.9 Å². The van der Waals surface area contributed by atoms with Crippen molar-refractivity contribution in [1.29, 1.82) is 0 Å². The molecule has 3 aromatic rings. The Labute approximate surface area is 110 Å². The van der Waals surface area contributed by atoms with E-state index in [1.807, 2.05) is 0 Å². The van der Waals surface area contributed by atoms with Crippen molar-refractivity contribution in [3.8, 4) is 0 Å². The second-order valence-corrected chi connectivity index (χ2v) is 4.25. The summed E-state index contributed by atoms with van der Waals surface area (Å²) in [5.41, 5.74) is 0.884. The van der Waals surface area contributed by atoms with Crippen molar-refractivity contribution in [2.45, 2.75) is 5.88 Å². The Morgan fingerprint density at radius 1 is 1.37 bits per heavy atom. The molecule has 0 unspecified atom stereocenters. The number of aromatic amines is 2. The lowest BCUT2D eigenvalue weighted by Crippen LogP contribution is -2.10. The minimum absolute atomic E-state index is 0.0529. The highest BCUT2D eigenvalue weighted by Crippen LogP contribution is 2.25. The maximum Gasteiger partial charge on any atom is 0.275 e. The average molecular weight is 279 g/mol. The number of aromatic nitrogens is 3. The Kier molecular flexibility index (Phi) is 2.49. The molecule has 2 aromatic heterocycles. The SMILES string of the molecule is O=c1[nH]c(CCl)nc2c1[nH]c1ccc([N+](=O)[O-])cc12. The van der Waals surface area contributed by atoms with Gasteiger partial charge in [0.2, 0.25) is 0 Å². The fourth-order valence-electron chi connectivity index (χ4n) is 1.98. The molecule has 0 aliphatic heterocycles. The fourth-order valence-corrected chi connectivity index (χ4v) is 2.11. The normalized spacial score (nSPS) is 11.2. The Hall–Kier alpha value is -2.41. The number of nitrogens with zero attached hydrogens (tertiary/aromatic N) is 2. The summed E-state index contributed by atoms with van der Waals surface area (Å²) in [5, 5.41) is 11.3. The summed E-state index contributed by atoms with van der Waals surface area (Å²) in [6.45, 7) is 0. The number of hydrogen-bond acceptors (Lipinski definition) is 4. The van der Waals surface area contributed by atoms with Crippen LogP contribution in [0.15, 0.2) is 23.0 Å². The van der Waals surface area contributed by atoms with Crippen molar-refractivity contribution in [2.24, 2.45) is 0 Å². The number of nitro benzene ring substituents is 1. The highest BCUT2D eigenvalue weighted by Gasteiger charge is 2.14. The third-order valence-electron chi connectivity index (χ3n) is 2.82. The number of alkyl halides is 1. The highest BCUT2D eigenvalue weighted by molar-refractivity contribution is 6.16. The van der Waals surface area contributed by atoms with E-state index >= 15 is 0 Å². The molecule has 19 heavy (non-hydrogen) atoms. The molecule has 0 amide bonds. The van der Waals surface area contributed by atoms with Crippen LogP contribution in [0.25, 0.3) is 21.9 Å². The van der Waals surface area contributed by atoms with E-state index in [4.69, 9.17) is 11.6 Å². The predicted molar refractivity (Wildman–Crippen MR) is 70.4 cm³/mol. The molecule has 0 saturated heterocycles. The molecule has 0 aliphatic rings. The predicted octanol–water partition coefficient (Wildman–Crippen LogP) is 2.05. The van der Waals surface area contributed by atoms with Crippen molar-refractivity contribution in [2.75, 3.05) is 0 Å². The van der Waals surface area contributed by atoms with Gasteiger partial charge in [-0.3, -0.25) is 14.9 Å². The van der Waals surface area contributed by atoms with E-state index in [1.165, 1.54) is 12.1 Å². The minimum atomic E-state index is -0.492. The van der Waals surface area contributed by atoms with Crippen LogP contribution in [0.5, 0.6) is 0 Å². The number of H-pyrrole nitrogens is 2. The largest absolute Gasteiger partial charge is 0.349 e. The van der Waals surface area contributed by atoms with Crippen molar-refractivity contribution in [1.82, 2.24) is 15.0 Å². The van der Waals surface area contributed by atoms with Gasteiger partial charge in [-0.15, -0.1) is 11.6 Å². The summed E-state index contributed by atoms with van der Waals surface area (Å²) in [6.07, 6.45) is 0. The molecule has 0 atom stereocenters. The molecule has 2 N–H and O–H groups in total. The Bertz CT molecular complexity index is 867. The molecule has 3 rings (SSSR count). The number of fused-ring (bicyclic) bond motifs is 3. The van der Waals surface area contributed by atoms with Gasteiger partial charge in [-0.2, -0.15) is 0 Å². The molecular formula is C11H7ClN4O3. The first-order chi connectivity index (χ1) is 9.10. The summed E-state index contributed by atoms with van der Waals surface area (Å²) in [7, 11) is 0. The van der Waals surface area contributed by atoms with E-state index < -0.39 is 4.92 Å². The molecule has 96 valence electrons. The second-order valence-electron chi connectivity index (χ2n) is 3.98. The number of rotatable bonds is 2. The van der Waals surface area contributed by atoms with Crippen LogP contribution in [0, 0.1) is 10.1 Å². The molecule has 0 fully saturated rings. The second kappa shape index (κ2) is 4.06. The average Bonchev–Trinajstić information content (AvgIpc) is 2.77. The van der Waals surface area contributed by atoms with Crippen LogP contribution in [0.4, 0.5) is 5.69 Å². The quantitative estimate of drug-likeness (QED) is 0.425. The summed E-state index contributed by atoms with van der Waals surface area (Å²) in [6, 6.07) is 4.31. The number of benzene rings is 1. The van der Waals surface area contributed by atoms with Crippen molar-refractivity contribution < 1.29 is 4.92 Å². The highest BCUT2D eigenvalue weighted by atomic mass is 35.5. The van der Waals surface area contributed by atoms with Crippen molar-refractivity contribution in [3.05, 3.63) is 44.5 Å². The topological polar surface area (TPSA) is 105 Å². The van der Waals surface area contributed by atoms with E-state index in [-0.39, 0.29) is 22.6 Å². The molecule has 8 heteroatoms. The number of halogens is 1. The van der Waals surface area contributed by atoms with E-state index in [9.17, 15) is 14.9 Å². The van der Waals surface area contributed by atoms with Crippen LogP contribution in [0.2, 0.25) is 0 Å². The fraction of sp³-hybridized carbons (Fsp3) is 0.0909. The zero-order valence-corrected chi connectivity index (χ0v) is 10.2. The first-order valence-electron chi connectivity index (χ1n) is 5.35. The summed E-state index contributed by atoms with van der Waals surface area (Å²) in [4.78, 5) is 31.7. The molecule has 0 aliphatic carbocycles. The standard InChI is InChI=1S/C11H7ClN4O3/c12-4-8-14-9-6-3-5(16(18)19)1-2-7(6)13-10(9)11(17)15-8/h1-3,13H,4H2,(H,14,15,17). The van der Waals surface area contributed by atoms with Gasteiger partial charge in [0.25, 0.3) is 11.2 Å². The zero-order valence-electron chi connectivity index (χ0n) is 9.44. The molecule has 7 nitrogen and oxygen atoms in total. The lowest BCUT2D eigenvalue weighted by atomic mass is 10.2. The minimum Gasteiger partial charge on any atom is -0.349 e. The van der Waals surface area contributed by atoms with Crippen LogP contribution in [-0.2, 0) is 5.88 Å². The van der Waals surface area contributed by atoms with Gasteiger partial charge >= 0.3 is 0 Å². The lowest BCUT2D eigenvalue weighted by Gasteiger charge is -1.95. The molecule has 0 radical (unpaired) electrons. The van der Waals surface area contributed by atoms with E-state index in [0.29, 0.717) is 22.2 Å².